The second-order valence-corrected chi connectivity index (χ2v) is 6.60. The Morgan fingerprint density at radius 3 is 2.52 bits per heavy atom. The first-order valence-corrected chi connectivity index (χ1v) is 9.02. The maximum absolute atomic E-state index is 13.3. The molecule has 0 spiro atoms. The number of carbonyl (C=O) groups is 2. The van der Waals surface area contributed by atoms with Crippen LogP contribution < -0.4 is 10.3 Å². The molecule has 1 saturated carbocycles. The zero-order valence-corrected chi connectivity index (χ0v) is 15.6. The number of ketones is 2. The molecule has 4 rings (SSSR count). The maximum atomic E-state index is 13.3. The number of hydrogen-bond donors (Lipinski definition) is 1. The summed E-state index contributed by atoms with van der Waals surface area (Å²) in [5.74, 6) is -1.13. The quantitative estimate of drug-likeness (QED) is 0.414. The summed E-state index contributed by atoms with van der Waals surface area (Å²) in [5.41, 5.74) is -0.303. The standard InChI is InChI=1S/C21H17N3O5/c1-29-17-8-7-13(11-23-17)24-20-12(4-3-9-22-20)10-14(21(24)28)19(27)18-15(25)5-2-6-16(18)26/h3-4,7-11,27H,2,5-6H2,1H3. The van der Waals surface area contributed by atoms with Crippen molar-refractivity contribution in [3.8, 4) is 11.6 Å². The number of allylic oxidation sites excluding steroid dienone is 1. The lowest BCUT2D eigenvalue weighted by Gasteiger charge is -2.16. The third kappa shape index (κ3) is 3.18. The Balaban J connectivity index is 2.02. The second-order valence-electron chi connectivity index (χ2n) is 6.60. The molecule has 0 saturated heterocycles. The molecule has 0 radical (unpaired) electrons. The molecule has 3 heterocycles. The number of aromatic nitrogens is 3. The Labute approximate surface area is 165 Å². The Bertz CT molecular complexity index is 1210. The van der Waals surface area contributed by atoms with Crippen LogP contribution in [-0.2, 0) is 9.59 Å². The summed E-state index contributed by atoms with van der Waals surface area (Å²) < 4.78 is 6.33. The Hall–Kier alpha value is -3.81. The highest BCUT2D eigenvalue weighted by Gasteiger charge is 2.29. The van der Waals surface area contributed by atoms with Crippen LogP contribution in [0.1, 0.15) is 24.8 Å². The van der Waals surface area contributed by atoms with E-state index < -0.39 is 22.9 Å². The summed E-state index contributed by atoms with van der Waals surface area (Å²) in [5, 5.41) is 11.3. The van der Waals surface area contributed by atoms with Gasteiger partial charge in [0.25, 0.3) is 5.56 Å². The summed E-state index contributed by atoms with van der Waals surface area (Å²) in [6.45, 7) is 0. The highest BCUT2D eigenvalue weighted by Crippen LogP contribution is 2.25. The number of fused-ring (bicyclic) bond motifs is 1. The molecule has 1 aliphatic rings. The highest BCUT2D eigenvalue weighted by molar-refractivity contribution is 6.25. The lowest BCUT2D eigenvalue weighted by atomic mass is 9.90. The summed E-state index contributed by atoms with van der Waals surface area (Å²) >= 11 is 0. The largest absolute Gasteiger partial charge is 0.506 e. The lowest BCUT2D eigenvalue weighted by molar-refractivity contribution is -0.123. The van der Waals surface area contributed by atoms with Gasteiger partial charge >= 0.3 is 0 Å². The predicted octanol–water partition coefficient (Wildman–Crippen LogP) is 2.38. The molecule has 8 nitrogen and oxygen atoms in total. The topological polar surface area (TPSA) is 111 Å². The van der Waals surface area contributed by atoms with Crippen LogP contribution in [0.2, 0.25) is 0 Å². The van der Waals surface area contributed by atoms with Crippen molar-refractivity contribution in [3.63, 3.8) is 0 Å². The lowest BCUT2D eigenvalue weighted by Crippen LogP contribution is -2.26. The number of hydrogen-bond acceptors (Lipinski definition) is 7. The fourth-order valence-electron chi connectivity index (χ4n) is 3.39. The molecule has 0 atom stereocenters. The summed E-state index contributed by atoms with van der Waals surface area (Å²) in [4.78, 5) is 46.1. The number of aliphatic hydroxyl groups is 1. The van der Waals surface area contributed by atoms with Crippen molar-refractivity contribution >= 4 is 28.4 Å². The zero-order chi connectivity index (χ0) is 20.5. The molecule has 3 aromatic rings. The molecule has 0 bridgehead atoms. The molecular formula is C21H17N3O5. The number of methoxy groups -OCH3 is 1. The van der Waals surface area contributed by atoms with Crippen LogP contribution in [0.3, 0.4) is 0 Å². The van der Waals surface area contributed by atoms with Crippen molar-refractivity contribution < 1.29 is 19.4 Å². The number of ether oxygens (including phenoxy) is 1. The summed E-state index contributed by atoms with van der Waals surface area (Å²) in [6.07, 6.45) is 3.76. The molecule has 8 heteroatoms. The molecule has 0 aliphatic heterocycles. The highest BCUT2D eigenvalue weighted by atomic mass is 16.5. The molecular weight excluding hydrogens is 374 g/mol. The molecule has 1 N–H and O–H groups in total. The minimum absolute atomic E-state index is 0.139. The van der Waals surface area contributed by atoms with Gasteiger partial charge in [0.2, 0.25) is 5.88 Å². The van der Waals surface area contributed by atoms with Crippen LogP contribution in [0.15, 0.2) is 53.1 Å². The van der Waals surface area contributed by atoms with Gasteiger partial charge in [0, 0.05) is 30.5 Å². The van der Waals surface area contributed by atoms with Crippen molar-refractivity contribution in [2.45, 2.75) is 19.3 Å². The van der Waals surface area contributed by atoms with E-state index in [9.17, 15) is 19.5 Å². The molecule has 0 amide bonds. The van der Waals surface area contributed by atoms with Crippen LogP contribution in [0, 0.1) is 0 Å². The van der Waals surface area contributed by atoms with Crippen LogP contribution >= 0.6 is 0 Å². The van der Waals surface area contributed by atoms with Crippen molar-refractivity contribution in [2.75, 3.05) is 7.11 Å². The van der Waals surface area contributed by atoms with E-state index >= 15 is 0 Å². The number of carbonyl (C=O) groups excluding carboxylic acids is 2. The van der Waals surface area contributed by atoms with Gasteiger partial charge in [-0.15, -0.1) is 0 Å². The predicted molar refractivity (Wildman–Crippen MR) is 105 cm³/mol. The average Bonchev–Trinajstić information content (AvgIpc) is 2.73. The number of nitrogens with zero attached hydrogens (tertiary/aromatic N) is 3. The van der Waals surface area contributed by atoms with E-state index in [4.69, 9.17) is 4.74 Å². The van der Waals surface area contributed by atoms with Crippen LogP contribution in [0.5, 0.6) is 5.88 Å². The minimum Gasteiger partial charge on any atom is -0.506 e. The van der Waals surface area contributed by atoms with Gasteiger partial charge < -0.3 is 9.84 Å². The van der Waals surface area contributed by atoms with Gasteiger partial charge in [0.15, 0.2) is 11.6 Å². The molecule has 146 valence electrons. The van der Waals surface area contributed by atoms with Gasteiger partial charge in [0.05, 0.1) is 24.6 Å². The van der Waals surface area contributed by atoms with E-state index in [0.29, 0.717) is 29.0 Å². The molecule has 1 aliphatic carbocycles. The van der Waals surface area contributed by atoms with Gasteiger partial charge in [-0.2, -0.15) is 0 Å². The number of pyridine rings is 3. The first-order chi connectivity index (χ1) is 14.0. The van der Waals surface area contributed by atoms with E-state index in [1.54, 1.807) is 30.5 Å². The van der Waals surface area contributed by atoms with Gasteiger partial charge in [-0.3, -0.25) is 19.0 Å². The van der Waals surface area contributed by atoms with Crippen molar-refractivity contribution in [2.24, 2.45) is 0 Å². The number of aliphatic hydroxyl groups excluding tert-OH is 1. The van der Waals surface area contributed by atoms with E-state index in [2.05, 4.69) is 9.97 Å². The molecule has 29 heavy (non-hydrogen) atoms. The first-order valence-electron chi connectivity index (χ1n) is 9.02. The third-order valence-electron chi connectivity index (χ3n) is 4.81. The maximum Gasteiger partial charge on any atom is 0.267 e. The average molecular weight is 391 g/mol. The van der Waals surface area contributed by atoms with Gasteiger partial charge in [-0.25, -0.2) is 9.97 Å². The normalized spacial score (nSPS) is 14.3. The van der Waals surface area contributed by atoms with Crippen molar-refractivity contribution in [3.05, 3.63) is 64.2 Å². The van der Waals surface area contributed by atoms with Crippen molar-refractivity contribution in [1.29, 1.82) is 0 Å². The summed E-state index contributed by atoms with van der Waals surface area (Å²) in [7, 11) is 1.48. The van der Waals surface area contributed by atoms with Crippen LogP contribution in [-0.4, -0.2) is 38.3 Å². The minimum atomic E-state index is -0.612. The zero-order valence-electron chi connectivity index (χ0n) is 15.6. The molecule has 0 unspecified atom stereocenters. The monoisotopic (exact) mass is 391 g/mol. The summed E-state index contributed by atoms with van der Waals surface area (Å²) in [6, 6.07) is 8.08. The Morgan fingerprint density at radius 2 is 1.86 bits per heavy atom. The Morgan fingerprint density at radius 1 is 1.10 bits per heavy atom. The fraction of sp³-hybridized carbons (Fsp3) is 0.190. The smallest absolute Gasteiger partial charge is 0.267 e. The third-order valence-corrected chi connectivity index (χ3v) is 4.81. The molecule has 0 aromatic carbocycles. The first kappa shape index (κ1) is 18.5. The molecule has 3 aromatic heterocycles. The van der Waals surface area contributed by atoms with E-state index in [1.807, 2.05) is 0 Å². The van der Waals surface area contributed by atoms with Gasteiger partial charge in [-0.1, -0.05) is 0 Å². The van der Waals surface area contributed by atoms with E-state index in [0.717, 1.165) is 0 Å². The van der Waals surface area contributed by atoms with Gasteiger partial charge in [-0.05, 0) is 30.7 Å². The molecule has 1 fully saturated rings. The second kappa shape index (κ2) is 7.31. The SMILES string of the molecule is COc1ccc(-n2c(=O)c(C(O)=C3C(=O)CCCC3=O)cc3cccnc32)cn1. The fourth-order valence-corrected chi connectivity index (χ4v) is 3.39. The van der Waals surface area contributed by atoms with Gasteiger partial charge in [0.1, 0.15) is 17.0 Å². The van der Waals surface area contributed by atoms with Crippen molar-refractivity contribution in [1.82, 2.24) is 14.5 Å². The van der Waals surface area contributed by atoms with Crippen LogP contribution in [0.4, 0.5) is 0 Å². The van der Waals surface area contributed by atoms with Crippen LogP contribution in [0.25, 0.3) is 22.5 Å². The van der Waals surface area contributed by atoms with E-state index in [-0.39, 0.29) is 24.0 Å². The Kier molecular flexibility index (Phi) is 4.67. The van der Waals surface area contributed by atoms with E-state index in [1.165, 1.54) is 23.9 Å². The number of rotatable bonds is 3. The number of Topliss-reactive ketones (excluding diaryl/α,β-unsaturated/α-hetero) is 2.